The molecule has 1 amide bonds. The number of nitrogens with one attached hydrogen (secondary N) is 1. The molecule has 1 N–H and O–H groups in total. The Kier molecular flexibility index (Phi) is 8.05. The van der Waals surface area contributed by atoms with E-state index in [4.69, 9.17) is 0 Å². The van der Waals surface area contributed by atoms with E-state index >= 15 is 0 Å². The van der Waals surface area contributed by atoms with Gasteiger partial charge in [-0.25, -0.2) is 8.42 Å². The van der Waals surface area contributed by atoms with Crippen LogP contribution in [0.2, 0.25) is 0 Å². The van der Waals surface area contributed by atoms with Crippen LogP contribution in [0.1, 0.15) is 33.3 Å². The predicted octanol–water partition coefficient (Wildman–Crippen LogP) is 1.85. The van der Waals surface area contributed by atoms with Crippen molar-refractivity contribution in [3.63, 3.8) is 0 Å². The molecule has 0 aliphatic rings. The third kappa shape index (κ3) is 6.41. The topological polar surface area (TPSA) is 69.7 Å². The lowest BCUT2D eigenvalue weighted by Gasteiger charge is -2.30. The van der Waals surface area contributed by atoms with Crippen molar-refractivity contribution in [1.29, 1.82) is 0 Å². The summed E-state index contributed by atoms with van der Waals surface area (Å²) >= 11 is 0. The van der Waals surface area contributed by atoms with Crippen LogP contribution in [0.5, 0.6) is 0 Å². The third-order valence-electron chi connectivity index (χ3n) is 4.11. The minimum atomic E-state index is -3.66. The number of hydrogen-bond donors (Lipinski definition) is 1. The van der Waals surface area contributed by atoms with Crippen LogP contribution in [0, 0.1) is 6.92 Å². The minimum absolute atomic E-state index is 0.194. The van der Waals surface area contributed by atoms with E-state index in [1.54, 1.807) is 24.3 Å². The molecule has 1 aromatic carbocycles. The van der Waals surface area contributed by atoms with Gasteiger partial charge < -0.3 is 5.32 Å². The molecule has 25 heavy (non-hydrogen) atoms. The smallest absolute Gasteiger partial charge is 0.243 e. The summed E-state index contributed by atoms with van der Waals surface area (Å²) in [5, 5.41) is 2.80. The lowest BCUT2D eigenvalue weighted by molar-refractivity contribution is -0.121. The molecule has 0 saturated heterocycles. The van der Waals surface area contributed by atoms with Crippen LogP contribution < -0.4 is 5.32 Å². The van der Waals surface area contributed by atoms with E-state index in [0.717, 1.165) is 16.4 Å². The van der Waals surface area contributed by atoms with Crippen molar-refractivity contribution in [2.75, 3.05) is 26.7 Å². The van der Waals surface area contributed by atoms with Gasteiger partial charge in [-0.05, 0) is 46.8 Å². The number of carbonyl (C=O) groups is 1. The first kappa shape index (κ1) is 21.6. The number of rotatable bonds is 9. The Bertz CT molecular complexity index is 647. The fourth-order valence-electron chi connectivity index (χ4n) is 2.67. The molecule has 0 aliphatic carbocycles. The number of nitrogens with zero attached hydrogens (tertiary/aromatic N) is 2. The molecule has 0 bridgehead atoms. The van der Waals surface area contributed by atoms with Gasteiger partial charge in [0.15, 0.2) is 0 Å². The molecule has 142 valence electrons. The Morgan fingerprint density at radius 3 is 2.08 bits per heavy atom. The van der Waals surface area contributed by atoms with Crippen molar-refractivity contribution < 1.29 is 13.2 Å². The van der Waals surface area contributed by atoms with Gasteiger partial charge in [-0.2, -0.15) is 4.31 Å². The van der Waals surface area contributed by atoms with Crippen molar-refractivity contribution in [3.05, 3.63) is 29.8 Å². The van der Waals surface area contributed by atoms with Gasteiger partial charge in [-0.3, -0.25) is 9.69 Å². The Morgan fingerprint density at radius 1 is 1.08 bits per heavy atom. The zero-order valence-corrected chi connectivity index (χ0v) is 16.9. The van der Waals surface area contributed by atoms with E-state index in [0.29, 0.717) is 18.6 Å². The van der Waals surface area contributed by atoms with E-state index in [2.05, 4.69) is 37.9 Å². The molecule has 7 heteroatoms. The van der Waals surface area contributed by atoms with E-state index in [9.17, 15) is 13.2 Å². The average molecular weight is 370 g/mol. The molecule has 1 rings (SSSR count). The highest BCUT2D eigenvalue weighted by atomic mass is 32.2. The molecule has 0 unspecified atom stereocenters. The molecule has 6 nitrogen and oxygen atoms in total. The van der Waals surface area contributed by atoms with Crippen LogP contribution >= 0.6 is 0 Å². The molecule has 0 spiro atoms. The van der Waals surface area contributed by atoms with Gasteiger partial charge in [0.2, 0.25) is 15.9 Å². The maximum atomic E-state index is 12.5. The molecule has 0 atom stereocenters. The van der Waals surface area contributed by atoms with Gasteiger partial charge in [0, 0.05) is 32.2 Å². The fourth-order valence-corrected chi connectivity index (χ4v) is 3.80. The van der Waals surface area contributed by atoms with Crippen molar-refractivity contribution in [1.82, 2.24) is 14.5 Å². The number of benzene rings is 1. The molecule has 0 saturated carbocycles. The first-order chi connectivity index (χ1) is 11.6. The normalized spacial score (nSPS) is 12.4. The number of amides is 1. The van der Waals surface area contributed by atoms with Gasteiger partial charge >= 0.3 is 0 Å². The highest BCUT2D eigenvalue weighted by Crippen LogP contribution is 2.14. The molecule has 0 aromatic heterocycles. The molecule has 0 heterocycles. The Morgan fingerprint density at radius 2 is 1.60 bits per heavy atom. The number of carbonyl (C=O) groups excluding carboxylic acids is 1. The van der Waals surface area contributed by atoms with Crippen LogP contribution in [0.4, 0.5) is 0 Å². The van der Waals surface area contributed by atoms with E-state index < -0.39 is 10.0 Å². The Labute approximate surface area is 152 Å². The number of likely N-dealkylation sites (N-methyl/N-ethyl adjacent to an activating group) is 1. The van der Waals surface area contributed by atoms with Crippen LogP contribution in [0.25, 0.3) is 0 Å². The van der Waals surface area contributed by atoms with Crippen molar-refractivity contribution >= 4 is 15.9 Å². The van der Waals surface area contributed by atoms with E-state index in [1.807, 2.05) is 6.92 Å². The van der Waals surface area contributed by atoms with Crippen molar-refractivity contribution in [2.24, 2.45) is 0 Å². The van der Waals surface area contributed by atoms with Gasteiger partial charge in [0.05, 0.1) is 11.4 Å². The summed E-state index contributed by atoms with van der Waals surface area (Å²) in [7, 11) is -2.24. The maximum absolute atomic E-state index is 12.5. The van der Waals surface area contributed by atoms with Gasteiger partial charge in [-0.15, -0.1) is 0 Å². The summed E-state index contributed by atoms with van der Waals surface area (Å²) in [5.41, 5.74) is 0.985. The second kappa shape index (κ2) is 9.31. The first-order valence-corrected chi connectivity index (χ1v) is 10.0. The summed E-state index contributed by atoms with van der Waals surface area (Å²) in [4.78, 5) is 14.5. The van der Waals surface area contributed by atoms with Crippen LogP contribution in [0.3, 0.4) is 0 Å². The zero-order valence-electron chi connectivity index (χ0n) is 16.1. The highest BCUT2D eigenvalue weighted by molar-refractivity contribution is 7.89. The summed E-state index contributed by atoms with van der Waals surface area (Å²) < 4.78 is 26.0. The van der Waals surface area contributed by atoms with E-state index in [1.165, 1.54) is 7.05 Å². The molecular weight excluding hydrogens is 338 g/mol. The van der Waals surface area contributed by atoms with Crippen molar-refractivity contribution in [3.8, 4) is 0 Å². The Balaban J connectivity index is 2.57. The van der Waals surface area contributed by atoms with Crippen LogP contribution in [-0.2, 0) is 14.8 Å². The SMILES string of the molecule is Cc1ccc(S(=O)(=O)N(C)CC(=O)NCCN(C(C)C)C(C)C)cc1. The van der Waals surface area contributed by atoms with Crippen molar-refractivity contribution in [2.45, 2.75) is 51.6 Å². The van der Waals surface area contributed by atoms with Crippen LogP contribution in [-0.4, -0.2) is 62.3 Å². The number of sulfonamides is 1. The first-order valence-electron chi connectivity index (χ1n) is 8.61. The summed E-state index contributed by atoms with van der Waals surface area (Å²) in [6.45, 7) is 11.4. The maximum Gasteiger partial charge on any atom is 0.243 e. The molecule has 0 radical (unpaired) electrons. The predicted molar refractivity (Wildman–Crippen MR) is 101 cm³/mol. The average Bonchev–Trinajstić information content (AvgIpc) is 2.51. The monoisotopic (exact) mass is 369 g/mol. The standard InChI is InChI=1S/C18H31N3O3S/c1-14(2)21(15(3)4)12-11-19-18(22)13-20(6)25(23,24)17-9-7-16(5)8-10-17/h7-10,14-15H,11-13H2,1-6H3,(H,19,22). The summed E-state index contributed by atoms with van der Waals surface area (Å²) in [6.07, 6.45) is 0. The third-order valence-corrected chi connectivity index (χ3v) is 5.93. The van der Waals surface area contributed by atoms with E-state index in [-0.39, 0.29) is 17.3 Å². The van der Waals surface area contributed by atoms with Gasteiger partial charge in [0.25, 0.3) is 0 Å². The Hall–Kier alpha value is -1.44. The largest absolute Gasteiger partial charge is 0.354 e. The second-order valence-corrected chi connectivity index (χ2v) is 8.89. The van der Waals surface area contributed by atoms with Crippen LogP contribution in [0.15, 0.2) is 29.2 Å². The minimum Gasteiger partial charge on any atom is -0.354 e. The fraction of sp³-hybridized carbons (Fsp3) is 0.611. The molecule has 0 fully saturated rings. The van der Waals surface area contributed by atoms with Gasteiger partial charge in [-0.1, -0.05) is 17.7 Å². The second-order valence-electron chi connectivity index (χ2n) is 6.85. The summed E-state index contributed by atoms with van der Waals surface area (Å²) in [5.74, 6) is -0.300. The number of aryl methyl sites for hydroxylation is 1. The van der Waals surface area contributed by atoms with Gasteiger partial charge in [0.1, 0.15) is 0 Å². The quantitative estimate of drug-likeness (QED) is 0.721. The molecular formula is C18H31N3O3S. The summed E-state index contributed by atoms with van der Waals surface area (Å²) in [6, 6.07) is 7.38. The number of hydrogen-bond acceptors (Lipinski definition) is 4. The highest BCUT2D eigenvalue weighted by Gasteiger charge is 2.22. The lowest BCUT2D eigenvalue weighted by atomic mass is 10.2. The molecule has 0 aliphatic heterocycles. The zero-order chi connectivity index (χ0) is 19.2. The lowest BCUT2D eigenvalue weighted by Crippen LogP contribution is -2.44. The molecule has 1 aromatic rings.